The van der Waals surface area contributed by atoms with E-state index in [-0.39, 0.29) is 5.91 Å². The lowest BCUT2D eigenvalue weighted by molar-refractivity contribution is -0.122. The molecule has 1 aliphatic rings. The van der Waals surface area contributed by atoms with Gasteiger partial charge < -0.3 is 10.6 Å². The van der Waals surface area contributed by atoms with Crippen LogP contribution in [0.15, 0.2) is 37.1 Å². The molecule has 3 heterocycles. The molecule has 0 spiro atoms. The maximum Gasteiger partial charge on any atom is 0.220 e. The van der Waals surface area contributed by atoms with Crippen LogP contribution in [0.25, 0.3) is 5.82 Å². The lowest BCUT2D eigenvalue weighted by Gasteiger charge is -2.28. The van der Waals surface area contributed by atoms with Crippen LogP contribution < -0.4 is 10.6 Å². The molecule has 0 aromatic carbocycles. The summed E-state index contributed by atoms with van der Waals surface area (Å²) in [5.74, 6) is 1.91. The molecule has 24 heavy (non-hydrogen) atoms. The molecule has 0 bridgehead atoms. The van der Waals surface area contributed by atoms with Gasteiger partial charge in [0, 0.05) is 37.1 Å². The zero-order chi connectivity index (χ0) is 16.8. The van der Waals surface area contributed by atoms with Crippen molar-refractivity contribution in [1.29, 1.82) is 0 Å². The van der Waals surface area contributed by atoms with Crippen LogP contribution in [-0.2, 0) is 11.3 Å². The van der Waals surface area contributed by atoms with Crippen molar-refractivity contribution in [2.75, 3.05) is 13.1 Å². The Balaban J connectivity index is 1.55. The average molecular weight is 327 g/mol. The molecule has 0 aliphatic carbocycles. The molecular formula is C18H25N5O. The number of rotatable bonds is 6. The van der Waals surface area contributed by atoms with Gasteiger partial charge >= 0.3 is 0 Å². The fourth-order valence-electron chi connectivity index (χ4n) is 3.27. The van der Waals surface area contributed by atoms with Crippen molar-refractivity contribution in [2.24, 2.45) is 11.8 Å². The second kappa shape index (κ2) is 8.06. The summed E-state index contributed by atoms with van der Waals surface area (Å²) in [5.41, 5.74) is 0.982. The SMILES string of the molecule is CC(CC(=O)NCc1cccnc1-n1ccnc1)C1CCCNC1. The molecule has 6 nitrogen and oxygen atoms in total. The summed E-state index contributed by atoms with van der Waals surface area (Å²) in [7, 11) is 0. The lowest BCUT2D eigenvalue weighted by atomic mass is 9.85. The highest BCUT2D eigenvalue weighted by Gasteiger charge is 2.22. The second-order valence-corrected chi connectivity index (χ2v) is 6.52. The van der Waals surface area contributed by atoms with Crippen molar-refractivity contribution >= 4 is 5.91 Å². The highest BCUT2D eigenvalue weighted by Crippen LogP contribution is 2.22. The average Bonchev–Trinajstić information content (AvgIpc) is 3.15. The largest absolute Gasteiger partial charge is 0.352 e. The highest BCUT2D eigenvalue weighted by atomic mass is 16.1. The maximum absolute atomic E-state index is 12.3. The smallest absolute Gasteiger partial charge is 0.220 e. The quantitative estimate of drug-likeness (QED) is 0.850. The van der Waals surface area contributed by atoms with E-state index in [0.717, 1.165) is 24.5 Å². The predicted molar refractivity (Wildman–Crippen MR) is 92.6 cm³/mol. The Kier molecular flexibility index (Phi) is 5.59. The predicted octanol–water partition coefficient (Wildman–Crippen LogP) is 1.91. The normalized spacial score (nSPS) is 19.0. The third-order valence-corrected chi connectivity index (χ3v) is 4.74. The molecule has 0 radical (unpaired) electrons. The van der Waals surface area contributed by atoms with Crippen molar-refractivity contribution in [2.45, 2.75) is 32.7 Å². The molecular weight excluding hydrogens is 302 g/mol. The zero-order valence-corrected chi connectivity index (χ0v) is 14.1. The van der Waals surface area contributed by atoms with Crippen LogP contribution in [0.4, 0.5) is 0 Å². The van der Waals surface area contributed by atoms with Gasteiger partial charge in [0.05, 0.1) is 0 Å². The van der Waals surface area contributed by atoms with Crippen molar-refractivity contribution in [3.05, 3.63) is 42.6 Å². The first-order valence-corrected chi connectivity index (χ1v) is 8.63. The van der Waals surface area contributed by atoms with Gasteiger partial charge in [-0.2, -0.15) is 0 Å². The maximum atomic E-state index is 12.3. The van der Waals surface area contributed by atoms with E-state index in [1.165, 1.54) is 12.8 Å². The summed E-state index contributed by atoms with van der Waals surface area (Å²) in [4.78, 5) is 20.7. The Morgan fingerprint density at radius 2 is 2.42 bits per heavy atom. The van der Waals surface area contributed by atoms with Crippen LogP contribution in [0.1, 0.15) is 31.7 Å². The molecule has 2 atom stereocenters. The van der Waals surface area contributed by atoms with Gasteiger partial charge in [-0.3, -0.25) is 9.36 Å². The molecule has 6 heteroatoms. The minimum absolute atomic E-state index is 0.105. The summed E-state index contributed by atoms with van der Waals surface area (Å²) in [6.07, 6.45) is 10.0. The monoisotopic (exact) mass is 327 g/mol. The van der Waals surface area contributed by atoms with Gasteiger partial charge in [0.25, 0.3) is 0 Å². The van der Waals surface area contributed by atoms with E-state index in [1.807, 2.05) is 22.9 Å². The summed E-state index contributed by atoms with van der Waals surface area (Å²) in [6, 6.07) is 3.87. The minimum atomic E-state index is 0.105. The molecule has 1 fully saturated rings. The fourth-order valence-corrected chi connectivity index (χ4v) is 3.27. The van der Waals surface area contributed by atoms with Crippen molar-refractivity contribution in [1.82, 2.24) is 25.2 Å². The molecule has 0 saturated carbocycles. The molecule has 1 saturated heterocycles. The van der Waals surface area contributed by atoms with Gasteiger partial charge in [0.2, 0.25) is 5.91 Å². The van der Waals surface area contributed by atoms with E-state index in [9.17, 15) is 4.79 Å². The van der Waals surface area contributed by atoms with Crippen LogP contribution in [0.2, 0.25) is 0 Å². The summed E-state index contributed by atoms with van der Waals surface area (Å²) in [5, 5.41) is 6.46. The number of amides is 1. The third kappa shape index (κ3) is 4.20. The van der Waals surface area contributed by atoms with E-state index in [0.29, 0.717) is 24.8 Å². The number of piperidine rings is 1. The molecule has 128 valence electrons. The first-order valence-electron chi connectivity index (χ1n) is 8.63. The second-order valence-electron chi connectivity index (χ2n) is 6.52. The number of nitrogens with one attached hydrogen (secondary N) is 2. The summed E-state index contributed by atoms with van der Waals surface area (Å²) < 4.78 is 1.86. The van der Waals surface area contributed by atoms with Crippen LogP contribution in [0.3, 0.4) is 0 Å². The van der Waals surface area contributed by atoms with Gasteiger partial charge in [-0.25, -0.2) is 9.97 Å². The number of hydrogen-bond donors (Lipinski definition) is 2. The highest BCUT2D eigenvalue weighted by molar-refractivity contribution is 5.76. The van der Waals surface area contributed by atoms with Gasteiger partial charge in [0.15, 0.2) is 0 Å². The molecule has 3 rings (SSSR count). The molecule has 1 aliphatic heterocycles. The Morgan fingerprint density at radius 1 is 1.50 bits per heavy atom. The Morgan fingerprint density at radius 3 is 3.17 bits per heavy atom. The number of pyridine rings is 1. The van der Waals surface area contributed by atoms with Gasteiger partial charge in [-0.05, 0) is 43.8 Å². The standard InChI is InChI=1S/C18H25N5O/c1-14(15-4-2-6-19-11-15)10-17(24)22-12-16-5-3-7-21-18(16)23-9-8-20-13-23/h3,5,7-9,13-15,19H,2,4,6,10-12H2,1H3,(H,22,24). The van der Waals surface area contributed by atoms with Crippen molar-refractivity contribution < 1.29 is 4.79 Å². The van der Waals surface area contributed by atoms with E-state index in [4.69, 9.17) is 0 Å². The number of imidazole rings is 1. The van der Waals surface area contributed by atoms with Gasteiger partial charge in [0.1, 0.15) is 12.1 Å². The number of carbonyl (C=O) groups is 1. The van der Waals surface area contributed by atoms with E-state index >= 15 is 0 Å². The van der Waals surface area contributed by atoms with E-state index in [2.05, 4.69) is 27.5 Å². The number of aromatic nitrogens is 3. The van der Waals surface area contributed by atoms with E-state index in [1.54, 1.807) is 18.7 Å². The fraction of sp³-hybridized carbons (Fsp3) is 0.500. The Bertz CT molecular complexity index is 649. The molecule has 1 amide bonds. The first kappa shape index (κ1) is 16.6. The lowest BCUT2D eigenvalue weighted by Crippen LogP contribution is -2.35. The topological polar surface area (TPSA) is 71.8 Å². The Hall–Kier alpha value is -2.21. The van der Waals surface area contributed by atoms with Crippen LogP contribution in [0.5, 0.6) is 0 Å². The number of hydrogen-bond acceptors (Lipinski definition) is 4. The van der Waals surface area contributed by atoms with Crippen LogP contribution >= 0.6 is 0 Å². The van der Waals surface area contributed by atoms with Crippen molar-refractivity contribution in [3.8, 4) is 5.82 Å². The molecule has 2 aromatic heterocycles. The summed E-state index contributed by atoms with van der Waals surface area (Å²) >= 11 is 0. The Labute approximate surface area is 142 Å². The van der Waals surface area contributed by atoms with Crippen LogP contribution in [0, 0.1) is 11.8 Å². The molecule has 2 unspecified atom stereocenters. The van der Waals surface area contributed by atoms with E-state index < -0.39 is 0 Å². The first-order chi connectivity index (χ1) is 11.7. The van der Waals surface area contributed by atoms with Gasteiger partial charge in [-0.1, -0.05) is 13.0 Å². The third-order valence-electron chi connectivity index (χ3n) is 4.74. The zero-order valence-electron chi connectivity index (χ0n) is 14.1. The van der Waals surface area contributed by atoms with Crippen LogP contribution in [-0.4, -0.2) is 33.5 Å². The minimum Gasteiger partial charge on any atom is -0.352 e. The molecule has 2 N–H and O–H groups in total. The van der Waals surface area contributed by atoms with Gasteiger partial charge in [-0.15, -0.1) is 0 Å². The summed E-state index contributed by atoms with van der Waals surface area (Å²) in [6.45, 7) is 4.79. The number of carbonyl (C=O) groups excluding carboxylic acids is 1. The molecule has 2 aromatic rings. The van der Waals surface area contributed by atoms with Crippen molar-refractivity contribution in [3.63, 3.8) is 0 Å². The number of nitrogens with zero attached hydrogens (tertiary/aromatic N) is 3.